The zero-order valence-corrected chi connectivity index (χ0v) is 13.8. The van der Waals surface area contributed by atoms with Gasteiger partial charge in [0.15, 0.2) is 6.29 Å². The Morgan fingerprint density at radius 1 is 0.875 bits per heavy atom. The number of esters is 2. The number of thiophene rings is 2. The molecule has 0 aliphatic carbocycles. The summed E-state index contributed by atoms with van der Waals surface area (Å²) in [7, 11) is 0. The molecule has 0 radical (unpaired) electrons. The van der Waals surface area contributed by atoms with Crippen LogP contribution in [-0.2, 0) is 0 Å². The Balaban J connectivity index is 1.81. The highest BCUT2D eigenvalue weighted by Crippen LogP contribution is 2.26. The molecule has 3 rings (SSSR count). The molecule has 0 unspecified atom stereocenters. The first kappa shape index (κ1) is 16.1. The molecular weight excluding hydrogens is 348 g/mol. The molecule has 0 spiro atoms. The fraction of sp³-hybridized carbons (Fsp3) is 0. The second kappa shape index (κ2) is 7.20. The van der Waals surface area contributed by atoms with Gasteiger partial charge < -0.3 is 9.47 Å². The van der Waals surface area contributed by atoms with E-state index >= 15 is 0 Å². The lowest BCUT2D eigenvalue weighted by Crippen LogP contribution is -2.10. The van der Waals surface area contributed by atoms with E-state index in [9.17, 15) is 14.4 Å². The number of ether oxygens (including phenoxy) is 2. The minimum absolute atomic E-state index is 0.0416. The zero-order chi connectivity index (χ0) is 16.9. The van der Waals surface area contributed by atoms with Crippen LogP contribution in [0.1, 0.15) is 29.7 Å². The van der Waals surface area contributed by atoms with Gasteiger partial charge in [-0.15, -0.1) is 22.7 Å². The zero-order valence-electron chi connectivity index (χ0n) is 12.1. The molecule has 0 atom stereocenters. The molecule has 0 aliphatic rings. The molecule has 5 nitrogen and oxygen atoms in total. The number of aldehydes is 1. The van der Waals surface area contributed by atoms with Crippen LogP contribution in [0.3, 0.4) is 0 Å². The van der Waals surface area contributed by atoms with E-state index in [-0.39, 0.29) is 17.1 Å². The van der Waals surface area contributed by atoms with E-state index in [0.29, 0.717) is 16.0 Å². The van der Waals surface area contributed by atoms with Gasteiger partial charge in [0, 0.05) is 6.07 Å². The van der Waals surface area contributed by atoms with Gasteiger partial charge in [0.1, 0.15) is 21.3 Å². The largest absolute Gasteiger partial charge is 0.422 e. The van der Waals surface area contributed by atoms with Crippen molar-refractivity contribution in [3.05, 3.63) is 68.5 Å². The van der Waals surface area contributed by atoms with Gasteiger partial charge in [-0.2, -0.15) is 0 Å². The Kier molecular flexibility index (Phi) is 4.83. The fourth-order valence-electron chi connectivity index (χ4n) is 1.86. The molecule has 24 heavy (non-hydrogen) atoms. The van der Waals surface area contributed by atoms with Crippen molar-refractivity contribution in [2.24, 2.45) is 0 Å². The molecule has 0 bridgehead atoms. The van der Waals surface area contributed by atoms with E-state index in [0.717, 1.165) is 0 Å². The van der Waals surface area contributed by atoms with Crippen LogP contribution in [0.25, 0.3) is 0 Å². The van der Waals surface area contributed by atoms with Crippen LogP contribution < -0.4 is 9.47 Å². The third kappa shape index (κ3) is 3.58. The van der Waals surface area contributed by atoms with Gasteiger partial charge in [-0.1, -0.05) is 12.1 Å². The Bertz CT molecular complexity index is 867. The monoisotopic (exact) mass is 358 g/mol. The minimum atomic E-state index is -0.574. The normalized spacial score (nSPS) is 10.2. The molecule has 0 fully saturated rings. The SMILES string of the molecule is O=Cc1ccc(OC(=O)c2cccs2)cc1OC(=O)c1cccs1. The summed E-state index contributed by atoms with van der Waals surface area (Å²) in [5, 5.41) is 3.51. The fourth-order valence-corrected chi connectivity index (χ4v) is 3.06. The van der Waals surface area contributed by atoms with Crippen LogP contribution >= 0.6 is 22.7 Å². The van der Waals surface area contributed by atoms with Gasteiger partial charge >= 0.3 is 11.9 Å². The van der Waals surface area contributed by atoms with Gasteiger partial charge in [0.2, 0.25) is 0 Å². The Morgan fingerprint density at radius 3 is 2.04 bits per heavy atom. The number of rotatable bonds is 5. The lowest BCUT2D eigenvalue weighted by molar-refractivity contribution is 0.0737. The van der Waals surface area contributed by atoms with E-state index in [1.54, 1.807) is 35.0 Å². The Labute approximate surface area is 145 Å². The summed E-state index contributed by atoms with van der Waals surface area (Å²) in [6.45, 7) is 0. The van der Waals surface area contributed by atoms with Crippen LogP contribution in [0.15, 0.2) is 53.2 Å². The lowest BCUT2D eigenvalue weighted by atomic mass is 10.2. The van der Waals surface area contributed by atoms with Crippen molar-refractivity contribution >= 4 is 40.9 Å². The van der Waals surface area contributed by atoms with Crippen LogP contribution in [0.4, 0.5) is 0 Å². The van der Waals surface area contributed by atoms with Crippen LogP contribution in [0.2, 0.25) is 0 Å². The molecule has 2 heterocycles. The summed E-state index contributed by atoms with van der Waals surface area (Å²) in [6, 6.07) is 11.0. The van der Waals surface area contributed by atoms with Crippen molar-refractivity contribution in [1.29, 1.82) is 0 Å². The third-order valence-corrected chi connectivity index (χ3v) is 4.67. The van der Waals surface area contributed by atoms with Crippen molar-refractivity contribution in [2.75, 3.05) is 0 Å². The minimum Gasteiger partial charge on any atom is -0.422 e. The lowest BCUT2D eigenvalue weighted by Gasteiger charge is -2.08. The van der Waals surface area contributed by atoms with Crippen molar-refractivity contribution in [1.82, 2.24) is 0 Å². The van der Waals surface area contributed by atoms with Crippen LogP contribution in [0, 0.1) is 0 Å². The second-order valence-electron chi connectivity index (χ2n) is 4.55. The molecule has 0 saturated heterocycles. The molecule has 120 valence electrons. The molecule has 0 aliphatic heterocycles. The quantitative estimate of drug-likeness (QED) is 0.391. The average Bonchev–Trinajstić information content (AvgIpc) is 3.28. The summed E-state index contributed by atoms with van der Waals surface area (Å²) in [5.41, 5.74) is 0.191. The average molecular weight is 358 g/mol. The maximum Gasteiger partial charge on any atom is 0.353 e. The number of carbonyl (C=O) groups is 3. The molecule has 2 aromatic heterocycles. The number of hydrogen-bond donors (Lipinski definition) is 0. The number of benzene rings is 1. The van der Waals surface area contributed by atoms with Gasteiger partial charge in [0.05, 0.1) is 5.56 Å². The van der Waals surface area contributed by atoms with E-state index < -0.39 is 11.9 Å². The smallest absolute Gasteiger partial charge is 0.353 e. The predicted molar refractivity (Wildman–Crippen MR) is 90.4 cm³/mol. The highest BCUT2D eigenvalue weighted by atomic mass is 32.1. The Morgan fingerprint density at radius 2 is 1.50 bits per heavy atom. The van der Waals surface area contributed by atoms with Gasteiger partial charge in [-0.25, -0.2) is 9.59 Å². The summed E-state index contributed by atoms with van der Waals surface area (Å²) >= 11 is 2.49. The second-order valence-corrected chi connectivity index (χ2v) is 6.45. The first-order valence-corrected chi connectivity index (χ1v) is 8.54. The first-order valence-electron chi connectivity index (χ1n) is 6.78. The highest BCUT2D eigenvalue weighted by Gasteiger charge is 2.15. The summed E-state index contributed by atoms with van der Waals surface area (Å²) in [6.07, 6.45) is 0.571. The molecule has 0 N–H and O–H groups in total. The van der Waals surface area contributed by atoms with E-state index in [2.05, 4.69) is 0 Å². The van der Waals surface area contributed by atoms with Gasteiger partial charge in [-0.05, 0) is 35.0 Å². The van der Waals surface area contributed by atoms with Crippen molar-refractivity contribution < 1.29 is 23.9 Å². The Hall–Kier alpha value is -2.77. The van der Waals surface area contributed by atoms with Crippen molar-refractivity contribution in [2.45, 2.75) is 0 Å². The van der Waals surface area contributed by atoms with E-state index in [1.807, 2.05) is 0 Å². The van der Waals surface area contributed by atoms with Crippen LogP contribution in [0.5, 0.6) is 11.5 Å². The standard InChI is InChI=1S/C17H10O5S2/c18-10-11-5-6-12(21-16(19)14-3-1-7-23-14)9-13(11)22-17(20)15-4-2-8-24-15/h1-10H. The first-order chi connectivity index (χ1) is 11.7. The predicted octanol–water partition coefficient (Wildman–Crippen LogP) is 4.06. The van der Waals surface area contributed by atoms with Gasteiger partial charge in [-0.3, -0.25) is 4.79 Å². The highest BCUT2D eigenvalue weighted by molar-refractivity contribution is 7.12. The molecular formula is C17H10O5S2. The summed E-state index contributed by atoms with van der Waals surface area (Å²) in [5.74, 6) is -0.859. The van der Waals surface area contributed by atoms with Gasteiger partial charge in [0.25, 0.3) is 0 Å². The maximum absolute atomic E-state index is 12.0. The topological polar surface area (TPSA) is 69.7 Å². The van der Waals surface area contributed by atoms with E-state index in [4.69, 9.17) is 9.47 Å². The summed E-state index contributed by atoms with van der Waals surface area (Å²) in [4.78, 5) is 36.0. The molecule has 3 aromatic rings. The molecule has 7 heteroatoms. The summed E-state index contributed by atoms with van der Waals surface area (Å²) < 4.78 is 10.5. The molecule has 1 aromatic carbocycles. The van der Waals surface area contributed by atoms with Crippen molar-refractivity contribution in [3.63, 3.8) is 0 Å². The van der Waals surface area contributed by atoms with Crippen molar-refractivity contribution in [3.8, 4) is 11.5 Å². The van der Waals surface area contributed by atoms with E-state index in [1.165, 1.54) is 40.9 Å². The molecule has 0 amide bonds. The van der Waals surface area contributed by atoms with Crippen LogP contribution in [-0.4, -0.2) is 18.2 Å². The number of hydrogen-bond acceptors (Lipinski definition) is 7. The third-order valence-electron chi connectivity index (χ3n) is 2.97. The number of carbonyl (C=O) groups excluding carboxylic acids is 3. The molecule has 0 saturated carbocycles. The maximum atomic E-state index is 12.0.